The van der Waals surface area contributed by atoms with Crippen molar-refractivity contribution < 1.29 is 0 Å². The highest BCUT2D eigenvalue weighted by Gasteiger charge is 2.05. The first-order valence-electron chi connectivity index (χ1n) is 7.27. The van der Waals surface area contributed by atoms with Gasteiger partial charge in [0.05, 0.1) is 0 Å². The largest absolute Gasteiger partial charge is 0.0839 e. The molecule has 0 nitrogen and oxygen atoms in total. The first-order chi connectivity index (χ1) is 9.86. The van der Waals surface area contributed by atoms with Crippen LogP contribution in [0.1, 0.15) is 40.7 Å². The molecule has 1 atom stereocenters. The summed E-state index contributed by atoms with van der Waals surface area (Å²) in [5.41, 5.74) is 2.75. The van der Waals surface area contributed by atoms with E-state index in [1.165, 1.54) is 36.8 Å². The topological polar surface area (TPSA) is 0 Å². The van der Waals surface area contributed by atoms with Crippen molar-refractivity contribution in [3.63, 3.8) is 0 Å². The lowest BCUT2D eigenvalue weighted by molar-refractivity contribution is 0.690. The van der Waals surface area contributed by atoms with Crippen LogP contribution in [0, 0.1) is 0 Å². The highest BCUT2D eigenvalue weighted by molar-refractivity contribution is 14.1. The molecule has 0 N–H and O–H groups in total. The minimum absolute atomic E-state index is 0.645. The van der Waals surface area contributed by atoms with Crippen LogP contribution in [0.4, 0.5) is 0 Å². The fourth-order valence-electron chi connectivity index (χ4n) is 2.20. The Bertz CT molecular complexity index is 502. The predicted molar refractivity (Wildman–Crippen MR) is 97.1 cm³/mol. The summed E-state index contributed by atoms with van der Waals surface area (Å²) >= 11 is 2.56. The Hall–Kier alpha value is -1.09. The van der Waals surface area contributed by atoms with Gasteiger partial charge in [-0.25, -0.2) is 0 Å². The lowest BCUT2D eigenvalue weighted by Crippen LogP contribution is -1.89. The molecule has 0 aliphatic rings. The molecular weight excluding hydrogens is 355 g/mol. The van der Waals surface area contributed by atoms with Crippen molar-refractivity contribution >= 4 is 28.7 Å². The molecule has 2 rings (SSSR count). The minimum atomic E-state index is 0.645. The fraction of sp³-hybridized carbons (Fsp3) is 0.263. The minimum Gasteiger partial charge on any atom is -0.0839 e. The molecular formula is C19H21I. The smallest absolute Gasteiger partial charge is 0.0359 e. The highest BCUT2D eigenvalue weighted by Crippen LogP contribution is 2.28. The number of benzene rings is 2. The van der Waals surface area contributed by atoms with Crippen LogP contribution in [0.25, 0.3) is 6.08 Å². The van der Waals surface area contributed by atoms with Crippen molar-refractivity contribution in [1.82, 2.24) is 0 Å². The van der Waals surface area contributed by atoms with Crippen LogP contribution in [-0.2, 0) is 0 Å². The Labute approximate surface area is 136 Å². The summed E-state index contributed by atoms with van der Waals surface area (Å²) in [5, 5.41) is 0. The summed E-state index contributed by atoms with van der Waals surface area (Å²) in [5.74, 6) is 0. The normalized spacial score (nSPS) is 12.7. The maximum absolute atomic E-state index is 2.56. The van der Waals surface area contributed by atoms with Gasteiger partial charge in [-0.2, -0.15) is 0 Å². The molecule has 0 amide bonds. The van der Waals surface area contributed by atoms with Crippen molar-refractivity contribution in [3.8, 4) is 0 Å². The number of rotatable bonds is 7. The van der Waals surface area contributed by atoms with E-state index >= 15 is 0 Å². The van der Waals surface area contributed by atoms with Gasteiger partial charge in [-0.05, 0) is 30.4 Å². The van der Waals surface area contributed by atoms with Crippen molar-refractivity contribution in [2.45, 2.75) is 29.6 Å². The van der Waals surface area contributed by atoms with Crippen LogP contribution in [0.15, 0.2) is 66.7 Å². The van der Waals surface area contributed by atoms with E-state index in [2.05, 4.69) is 95.4 Å². The summed E-state index contributed by atoms with van der Waals surface area (Å²) in [6.07, 6.45) is 9.52. The van der Waals surface area contributed by atoms with E-state index in [0.717, 1.165) is 0 Å². The number of hydrogen-bond donors (Lipinski definition) is 0. The van der Waals surface area contributed by atoms with E-state index in [-0.39, 0.29) is 0 Å². The zero-order valence-corrected chi connectivity index (χ0v) is 13.9. The average molecular weight is 376 g/mol. The first-order valence-corrected chi connectivity index (χ1v) is 8.51. The van der Waals surface area contributed by atoms with Gasteiger partial charge in [0, 0.05) is 3.92 Å². The zero-order valence-electron chi connectivity index (χ0n) is 11.7. The van der Waals surface area contributed by atoms with Gasteiger partial charge >= 0.3 is 0 Å². The first kappa shape index (κ1) is 15.3. The average Bonchev–Trinajstić information content (AvgIpc) is 2.52. The molecule has 2 aromatic carbocycles. The Morgan fingerprint density at radius 3 is 2.20 bits per heavy atom. The van der Waals surface area contributed by atoms with E-state index in [9.17, 15) is 0 Å². The lowest BCUT2D eigenvalue weighted by Gasteiger charge is -2.09. The maximum atomic E-state index is 2.56. The van der Waals surface area contributed by atoms with Gasteiger partial charge in [-0.3, -0.25) is 0 Å². The van der Waals surface area contributed by atoms with E-state index in [1.807, 2.05) is 0 Å². The van der Waals surface area contributed by atoms with Crippen LogP contribution in [0.5, 0.6) is 0 Å². The summed E-state index contributed by atoms with van der Waals surface area (Å²) in [4.78, 5) is 0. The Morgan fingerprint density at radius 2 is 1.50 bits per heavy atom. The molecule has 0 saturated carbocycles. The van der Waals surface area contributed by atoms with Gasteiger partial charge in [-0.15, -0.1) is 0 Å². The van der Waals surface area contributed by atoms with Crippen molar-refractivity contribution in [3.05, 3.63) is 77.9 Å². The number of alkyl halides is 1. The van der Waals surface area contributed by atoms with Crippen LogP contribution in [-0.4, -0.2) is 0 Å². The Balaban J connectivity index is 1.63. The molecule has 0 radical (unpaired) electrons. The van der Waals surface area contributed by atoms with Gasteiger partial charge in [0.25, 0.3) is 0 Å². The molecule has 0 heterocycles. The fourth-order valence-corrected chi connectivity index (χ4v) is 3.05. The third-order valence-electron chi connectivity index (χ3n) is 3.35. The molecule has 1 heteroatoms. The van der Waals surface area contributed by atoms with E-state index in [1.54, 1.807) is 0 Å². The third-order valence-corrected chi connectivity index (χ3v) is 4.69. The summed E-state index contributed by atoms with van der Waals surface area (Å²) in [6, 6.07) is 21.3. The van der Waals surface area contributed by atoms with Crippen molar-refractivity contribution in [1.29, 1.82) is 0 Å². The molecule has 0 aliphatic carbocycles. The van der Waals surface area contributed by atoms with Crippen molar-refractivity contribution in [2.24, 2.45) is 0 Å². The molecule has 0 saturated heterocycles. The number of hydrogen-bond acceptors (Lipinski definition) is 0. The van der Waals surface area contributed by atoms with Crippen LogP contribution in [0.3, 0.4) is 0 Å². The molecule has 20 heavy (non-hydrogen) atoms. The Morgan fingerprint density at radius 1 is 0.850 bits per heavy atom. The van der Waals surface area contributed by atoms with Gasteiger partial charge in [0.2, 0.25) is 0 Å². The van der Waals surface area contributed by atoms with Crippen LogP contribution >= 0.6 is 22.6 Å². The second kappa shape index (κ2) is 8.96. The van der Waals surface area contributed by atoms with Gasteiger partial charge < -0.3 is 0 Å². The Kier molecular flexibility index (Phi) is 6.85. The molecule has 2 aromatic rings. The predicted octanol–water partition coefficient (Wildman–Crippen LogP) is 6.44. The molecule has 1 unspecified atom stereocenters. The van der Waals surface area contributed by atoms with Gasteiger partial charge in [0.1, 0.15) is 0 Å². The molecule has 0 aromatic heterocycles. The molecule has 0 spiro atoms. The van der Waals surface area contributed by atoms with Gasteiger partial charge in [-0.1, -0.05) is 102 Å². The molecule has 104 valence electrons. The quantitative estimate of drug-likeness (QED) is 0.296. The monoisotopic (exact) mass is 376 g/mol. The number of allylic oxidation sites excluding steroid dienone is 1. The lowest BCUT2D eigenvalue weighted by atomic mass is 10.1. The zero-order chi connectivity index (χ0) is 14.0. The third kappa shape index (κ3) is 5.49. The standard InChI is InChI=1S/C19H21I/c20-19(18-14-8-4-9-15-18)16-10-2-1-5-11-17-12-6-3-7-13-17/h3-9,11-15,19H,1-2,10,16H2/b11-5-. The summed E-state index contributed by atoms with van der Waals surface area (Å²) in [7, 11) is 0. The van der Waals surface area contributed by atoms with Crippen LogP contribution < -0.4 is 0 Å². The number of unbranched alkanes of at least 4 members (excludes halogenated alkanes) is 2. The second-order valence-electron chi connectivity index (χ2n) is 4.98. The summed E-state index contributed by atoms with van der Waals surface area (Å²) in [6.45, 7) is 0. The van der Waals surface area contributed by atoms with E-state index in [0.29, 0.717) is 3.92 Å². The highest BCUT2D eigenvalue weighted by atomic mass is 127. The molecule has 0 fully saturated rings. The SMILES string of the molecule is IC(CCCC/C=C\c1ccccc1)c1ccccc1. The second-order valence-corrected chi connectivity index (χ2v) is 6.48. The van der Waals surface area contributed by atoms with E-state index in [4.69, 9.17) is 0 Å². The number of halogens is 1. The summed E-state index contributed by atoms with van der Waals surface area (Å²) < 4.78 is 0.645. The molecule has 0 aliphatic heterocycles. The van der Waals surface area contributed by atoms with Crippen LogP contribution in [0.2, 0.25) is 0 Å². The maximum Gasteiger partial charge on any atom is 0.0359 e. The molecule has 0 bridgehead atoms. The van der Waals surface area contributed by atoms with Crippen molar-refractivity contribution in [2.75, 3.05) is 0 Å². The van der Waals surface area contributed by atoms with E-state index < -0.39 is 0 Å². The van der Waals surface area contributed by atoms with Gasteiger partial charge in [0.15, 0.2) is 0 Å².